The van der Waals surface area contributed by atoms with Crippen molar-refractivity contribution in [3.05, 3.63) is 71.8 Å². The van der Waals surface area contributed by atoms with Gasteiger partial charge in [-0.3, -0.25) is 19.7 Å². The Labute approximate surface area is 391 Å². The number of benzene rings is 2. The summed E-state index contributed by atoms with van der Waals surface area (Å²) in [5.41, 5.74) is 0.0566. The Kier molecular flexibility index (Phi) is 19.6. The minimum absolute atomic E-state index is 0.00499. The highest BCUT2D eigenvalue weighted by molar-refractivity contribution is 5.92. The van der Waals surface area contributed by atoms with E-state index in [1.807, 2.05) is 74.5 Å². The molecule has 2 heterocycles. The van der Waals surface area contributed by atoms with Gasteiger partial charge in [-0.2, -0.15) is 0 Å². The summed E-state index contributed by atoms with van der Waals surface area (Å²) in [6.07, 6.45) is 0.759. The second kappa shape index (κ2) is 24.4. The van der Waals surface area contributed by atoms with Gasteiger partial charge in [0.1, 0.15) is 29.5 Å². The SMILES string of the molecule is CNC(=O)N1CC2(CCN(C(=O)[C@@H](CCCCNC(=O)OC(C)(C)C)NC(O)[C@@H](CC(C)C)NC(=O)[C@@H](Cc3ccccc3)NC(=O)[C@@H](Cc3ccccc3)NC(=O)OC(C)(C)C)CC2)C1. The van der Waals surface area contributed by atoms with Crippen LogP contribution in [0.5, 0.6) is 0 Å². The molecule has 7 N–H and O–H groups in total. The highest BCUT2D eigenvalue weighted by Gasteiger charge is 2.47. The van der Waals surface area contributed by atoms with Gasteiger partial charge in [0.25, 0.3) is 0 Å². The van der Waals surface area contributed by atoms with E-state index < -0.39 is 65.6 Å². The van der Waals surface area contributed by atoms with Crippen molar-refractivity contribution >= 4 is 35.9 Å². The van der Waals surface area contributed by atoms with Crippen LogP contribution in [0.3, 0.4) is 0 Å². The average molecular weight is 921 g/mol. The van der Waals surface area contributed by atoms with E-state index in [9.17, 15) is 33.9 Å². The van der Waals surface area contributed by atoms with Crippen LogP contribution in [-0.4, -0.2) is 132 Å². The van der Waals surface area contributed by atoms with E-state index in [0.717, 1.165) is 24.0 Å². The van der Waals surface area contributed by atoms with Crippen LogP contribution in [0.4, 0.5) is 14.4 Å². The molecule has 366 valence electrons. The molecule has 2 aliphatic rings. The predicted molar refractivity (Wildman–Crippen MR) is 252 cm³/mol. The first kappa shape index (κ1) is 53.2. The number of amides is 7. The van der Waals surface area contributed by atoms with Crippen molar-refractivity contribution in [3.8, 4) is 0 Å². The lowest BCUT2D eigenvalue weighted by Gasteiger charge is -2.53. The number of hydrogen-bond acceptors (Lipinski definition) is 10. The number of rotatable bonds is 20. The third-order valence-corrected chi connectivity index (χ3v) is 11.6. The van der Waals surface area contributed by atoms with Crippen LogP contribution in [0.15, 0.2) is 60.7 Å². The molecule has 2 aromatic rings. The Balaban J connectivity index is 1.52. The predicted octanol–water partition coefficient (Wildman–Crippen LogP) is 4.62. The Morgan fingerprint density at radius 1 is 0.697 bits per heavy atom. The first-order valence-electron chi connectivity index (χ1n) is 23.4. The van der Waals surface area contributed by atoms with Gasteiger partial charge in [-0.15, -0.1) is 0 Å². The maximum atomic E-state index is 14.5. The standard InChI is InChI=1S/C49H76N8O9/c1-33(2)28-37(53-41(59)38(29-34-18-12-10-13-19-34)54-42(60)39(30-35-20-14-11-15-21-35)55-46(64)66-48(6,7)8)40(58)52-36(22-16-17-25-51-45(63)65-47(3,4)5)43(61)56-26-23-49(24-27-56)31-57(32-49)44(62)50-9/h10-15,18-21,33,36-40,52,58H,16-17,22-32H2,1-9H3,(H,50,62)(H,51,63)(H,53,59)(H,54,60)(H,55,64)/t36-,37-,38-,39-,40?/m1/s1. The summed E-state index contributed by atoms with van der Waals surface area (Å²) in [5, 5.41) is 29.2. The fourth-order valence-electron chi connectivity index (χ4n) is 8.28. The first-order valence-corrected chi connectivity index (χ1v) is 23.4. The topological polar surface area (TPSA) is 220 Å². The molecule has 0 radical (unpaired) electrons. The van der Waals surface area contributed by atoms with Crippen molar-refractivity contribution in [3.63, 3.8) is 0 Å². The van der Waals surface area contributed by atoms with Gasteiger partial charge in [0.2, 0.25) is 17.7 Å². The number of nitrogens with zero attached hydrogens (tertiary/aromatic N) is 2. The molecule has 66 heavy (non-hydrogen) atoms. The fraction of sp³-hybridized carbons (Fsp3) is 0.633. The molecule has 0 saturated carbocycles. The van der Waals surface area contributed by atoms with Crippen molar-refractivity contribution in [1.29, 1.82) is 0 Å². The highest BCUT2D eigenvalue weighted by atomic mass is 16.6. The Morgan fingerprint density at radius 3 is 1.73 bits per heavy atom. The molecule has 0 aliphatic carbocycles. The molecule has 7 amide bonds. The fourth-order valence-corrected chi connectivity index (χ4v) is 8.28. The number of aliphatic hydroxyl groups excluding tert-OH is 1. The van der Waals surface area contributed by atoms with E-state index in [1.54, 1.807) is 58.4 Å². The van der Waals surface area contributed by atoms with Gasteiger partial charge in [0.05, 0.1) is 12.1 Å². The van der Waals surface area contributed by atoms with Gasteiger partial charge in [-0.25, -0.2) is 14.4 Å². The lowest BCUT2D eigenvalue weighted by atomic mass is 9.72. The molecule has 2 saturated heterocycles. The van der Waals surface area contributed by atoms with Gasteiger partial charge in [0.15, 0.2) is 0 Å². The molecule has 17 heteroatoms. The maximum absolute atomic E-state index is 14.5. The maximum Gasteiger partial charge on any atom is 0.408 e. The zero-order valence-electron chi connectivity index (χ0n) is 40.5. The summed E-state index contributed by atoms with van der Waals surface area (Å²) in [4.78, 5) is 84.0. The van der Waals surface area contributed by atoms with Crippen molar-refractivity contribution in [2.24, 2.45) is 11.3 Å². The summed E-state index contributed by atoms with van der Waals surface area (Å²) in [7, 11) is 1.61. The van der Waals surface area contributed by atoms with Crippen molar-refractivity contribution in [1.82, 2.24) is 41.7 Å². The van der Waals surface area contributed by atoms with Gasteiger partial charge in [-0.1, -0.05) is 74.5 Å². The molecule has 2 fully saturated rings. The highest BCUT2D eigenvalue weighted by Crippen LogP contribution is 2.40. The Morgan fingerprint density at radius 2 is 1.21 bits per heavy atom. The van der Waals surface area contributed by atoms with Crippen LogP contribution >= 0.6 is 0 Å². The van der Waals surface area contributed by atoms with E-state index in [4.69, 9.17) is 9.47 Å². The van der Waals surface area contributed by atoms with Gasteiger partial charge in [-0.05, 0) is 97.1 Å². The molecule has 1 spiro atoms. The van der Waals surface area contributed by atoms with Crippen molar-refractivity contribution in [2.45, 2.75) is 148 Å². The number of ether oxygens (including phenoxy) is 2. The number of carbonyl (C=O) groups is 6. The third-order valence-electron chi connectivity index (χ3n) is 11.6. The largest absolute Gasteiger partial charge is 0.444 e. The number of carbonyl (C=O) groups excluding carboxylic acids is 6. The monoisotopic (exact) mass is 921 g/mol. The molecule has 2 aliphatic heterocycles. The lowest BCUT2D eigenvalue weighted by molar-refractivity contribution is -0.139. The normalized spacial score (nSPS) is 17.0. The zero-order valence-corrected chi connectivity index (χ0v) is 40.5. The van der Waals surface area contributed by atoms with Gasteiger partial charge >= 0.3 is 18.2 Å². The van der Waals surface area contributed by atoms with Gasteiger partial charge in [0, 0.05) is 58.0 Å². The third kappa shape index (κ3) is 17.8. The summed E-state index contributed by atoms with van der Waals surface area (Å²) in [6.45, 7) is 17.0. The second-order valence-corrected chi connectivity index (χ2v) is 20.2. The van der Waals surface area contributed by atoms with Crippen LogP contribution in [0, 0.1) is 11.3 Å². The number of aliphatic hydroxyl groups is 1. The number of nitrogens with one attached hydrogen (secondary N) is 6. The molecule has 17 nitrogen and oxygen atoms in total. The summed E-state index contributed by atoms with van der Waals surface area (Å²) in [5.74, 6) is -1.33. The Hall–Kier alpha value is -5.42. The van der Waals surface area contributed by atoms with Crippen LogP contribution in [0.2, 0.25) is 0 Å². The van der Waals surface area contributed by atoms with E-state index in [1.165, 1.54) is 0 Å². The number of alkyl carbamates (subject to hydrolysis) is 2. The number of urea groups is 1. The smallest absolute Gasteiger partial charge is 0.408 e. The number of likely N-dealkylation sites (tertiary alicyclic amines) is 2. The summed E-state index contributed by atoms with van der Waals surface area (Å²) >= 11 is 0. The van der Waals surface area contributed by atoms with Crippen LogP contribution in [0.1, 0.15) is 105 Å². The molecule has 4 rings (SSSR count). The van der Waals surface area contributed by atoms with Gasteiger partial charge < -0.3 is 51.0 Å². The minimum Gasteiger partial charge on any atom is -0.444 e. The molecule has 5 atom stereocenters. The average Bonchev–Trinajstić information content (AvgIpc) is 3.23. The molecule has 0 aromatic heterocycles. The van der Waals surface area contributed by atoms with E-state index >= 15 is 0 Å². The van der Waals surface area contributed by atoms with Crippen LogP contribution < -0.4 is 31.9 Å². The van der Waals surface area contributed by atoms with Crippen LogP contribution in [-0.2, 0) is 36.7 Å². The number of piperidine rings is 1. The zero-order chi connectivity index (χ0) is 48.7. The summed E-state index contributed by atoms with van der Waals surface area (Å²) < 4.78 is 10.9. The quantitative estimate of drug-likeness (QED) is 0.0722. The molecule has 0 bridgehead atoms. The summed E-state index contributed by atoms with van der Waals surface area (Å²) in [6, 6.07) is 14.4. The molecule has 2 aromatic carbocycles. The van der Waals surface area contributed by atoms with E-state index in [0.29, 0.717) is 58.4 Å². The number of unbranched alkanes of at least 4 members (excludes halogenated alkanes) is 1. The van der Waals surface area contributed by atoms with E-state index in [2.05, 4.69) is 31.9 Å². The van der Waals surface area contributed by atoms with E-state index in [-0.39, 0.29) is 36.1 Å². The van der Waals surface area contributed by atoms with Crippen LogP contribution in [0.25, 0.3) is 0 Å². The number of hydrogen-bond donors (Lipinski definition) is 7. The molecular weight excluding hydrogens is 845 g/mol. The molecular formula is C49H76N8O9. The molecule has 1 unspecified atom stereocenters. The minimum atomic E-state index is -1.37. The first-order chi connectivity index (χ1) is 31.0. The Bertz CT molecular complexity index is 1890. The lowest BCUT2D eigenvalue weighted by Crippen LogP contribution is -2.64. The second-order valence-electron chi connectivity index (χ2n) is 20.2. The van der Waals surface area contributed by atoms with Crippen molar-refractivity contribution in [2.75, 3.05) is 39.8 Å². The van der Waals surface area contributed by atoms with Crippen molar-refractivity contribution < 1.29 is 43.3 Å².